The number of nitrogens with one attached hydrogen (secondary N) is 2. The van der Waals surface area contributed by atoms with Gasteiger partial charge >= 0.3 is 23.9 Å². The van der Waals surface area contributed by atoms with Gasteiger partial charge in [-0.25, -0.2) is 34.1 Å². The number of anilines is 6. The summed E-state index contributed by atoms with van der Waals surface area (Å²) < 4.78 is 21.0. The first kappa shape index (κ1) is 105. The predicted octanol–water partition coefficient (Wildman–Crippen LogP) is 16.2. The van der Waals surface area contributed by atoms with Gasteiger partial charge in [-0.05, 0) is 262 Å². The lowest BCUT2D eigenvalue weighted by Gasteiger charge is -2.15. The number of halogens is 5. The van der Waals surface area contributed by atoms with E-state index in [1.54, 1.807) is 72.4 Å². The number of carbonyl (C=O) groups is 14. The van der Waals surface area contributed by atoms with Crippen LogP contribution in [-0.2, 0) is 40.4 Å². The summed E-state index contributed by atoms with van der Waals surface area (Å²) in [5, 5.41) is 48.6. The van der Waals surface area contributed by atoms with Gasteiger partial charge in [0, 0.05) is 114 Å². The Morgan fingerprint density at radius 1 is 0.410 bits per heavy atom. The van der Waals surface area contributed by atoms with E-state index in [2.05, 4.69) is 107 Å². The molecule has 0 saturated heterocycles. The van der Waals surface area contributed by atoms with Crippen molar-refractivity contribution >= 4 is 183 Å². The van der Waals surface area contributed by atoms with Crippen LogP contribution in [0.4, 0.5) is 34.4 Å². The molecule has 13 aromatic rings. The minimum Gasteiger partial charge on any atom is -0.478 e. The average Bonchev–Trinajstić information content (AvgIpc) is 1.62. The van der Waals surface area contributed by atoms with E-state index in [1.807, 2.05) is 57.7 Å². The largest absolute Gasteiger partial charge is 0.478 e. The van der Waals surface area contributed by atoms with Crippen LogP contribution >= 0.6 is 66.7 Å². The maximum Gasteiger partial charge on any atom is 0.339 e. The molecule has 39 nitrogen and oxygen atoms in total. The standard InChI is InChI=1S/C20H16ClN5O2.C19H14ClN5O3.C11H10N2O3.C10H9BrN4.C10H10BrNO3.C10H8ClNO2.C10H10N2O2.C10H11NO3/c1-11(27)14-7-12-9-25(20(28)15(12)8-16(14)21)18-4-2-3-17(23-18)19-24-22-10-26(19)13-5-6-13;20-14-7-12-10(6-13(14)19(27)28)8-24(18(12)26)16-3-1-2-15(22-16)17-23-21-9-25(17)11-4-5-11;1-6(14)8-3-7(5-12)9(4-10(8)13)11(15)16-2;11-9-3-1-2-8(13-9)10-14-12-6-15(10)7-4-5-7;1-5(13)6-3-8(11)7(4-9(6)12)10(14)15-2;2*1-5(13)7-2-6-4-12-10(14)8(6)3-9(7)11;1-6(12)8-4-3-7(5-9(8)11)10(13)14-2/h2-4,7-8,10,13H,5-6,9H2,1H3;1-3,6-7,9,11H,4-5,8H2,(H,27,28);3-4H,13H2,1-2H3;1-3,6-7H,4-5H2;3-4H,12H2,1-2H3;2-3H,4H2,1H3,(H,12,14);2-3H,4,11H2,1H3,(H,12,14);3-5H,11H2,1-2H3. The molecule has 44 heteroatoms. The molecule has 4 aliphatic heterocycles. The maximum absolute atomic E-state index is 12.9. The number of hydrogen-bond donors (Lipinski definition) is 7. The van der Waals surface area contributed by atoms with Crippen molar-refractivity contribution in [1.82, 2.24) is 69.9 Å². The number of rotatable bonds is 18. The number of nitriles is 1. The van der Waals surface area contributed by atoms with E-state index in [0.717, 1.165) is 58.5 Å². The first-order valence-corrected chi connectivity index (χ1v) is 46.6. The molecule has 7 aliphatic rings. The molecule has 0 bridgehead atoms. The van der Waals surface area contributed by atoms with Gasteiger partial charge < -0.3 is 66.6 Å². The number of Topliss-reactive ketones (excluding diaryl/α,β-unsaturated/α-hetero) is 6. The number of carboxylic acid groups (broad SMARTS) is 1. The van der Waals surface area contributed by atoms with Gasteiger partial charge in [0.1, 0.15) is 58.4 Å². The monoisotopic (exact) mass is 2130 g/mol. The first-order chi connectivity index (χ1) is 68.6. The van der Waals surface area contributed by atoms with Crippen LogP contribution in [0.15, 0.2) is 174 Å². The SMILES string of the molecule is Brc1cccc(-c2nncn2C2CC2)n1.CC(=O)c1cc2c(cc1Cl)C(=O)N(c1cccc(-c3nncn3C3CC3)n1)C2.CC(=O)c1cc2c(cc1Cl)C(=O)NC2.CC(=O)c1cc2c(cc1N)C(=O)NC2.COC(=O)c1cc(N)c(C(C)=O)cc1Br.COC(=O)c1cc(N)c(C(C)=O)cc1C#N.COC(=O)c1ccc(C(C)=O)c(N)c1.O=C(O)c1cc2c(cc1Cl)C(=O)N(c1cccc(-c3nncn3C3CC3)n1)C2. The highest BCUT2D eigenvalue weighted by atomic mass is 79.9. The zero-order valence-electron chi connectivity index (χ0n) is 78.2. The van der Waals surface area contributed by atoms with Crippen molar-refractivity contribution in [3.05, 3.63) is 294 Å². The van der Waals surface area contributed by atoms with Crippen LogP contribution in [0.2, 0.25) is 15.1 Å². The number of carboxylic acids is 1. The molecule has 3 aliphatic carbocycles. The van der Waals surface area contributed by atoms with E-state index < -0.39 is 23.9 Å². The number of aromatic carboxylic acids is 1. The fraction of sp³-hybridized carbons (Fsp3) is 0.220. The van der Waals surface area contributed by atoms with Crippen molar-refractivity contribution in [3.63, 3.8) is 0 Å². The summed E-state index contributed by atoms with van der Waals surface area (Å²) >= 11 is 24.6. The van der Waals surface area contributed by atoms with Gasteiger partial charge in [-0.1, -0.05) is 53.0 Å². The van der Waals surface area contributed by atoms with Crippen LogP contribution in [0, 0.1) is 11.3 Å². The number of benzene rings is 7. The molecular weight excluding hydrogens is 2050 g/mol. The maximum atomic E-state index is 12.9. The van der Waals surface area contributed by atoms with Crippen molar-refractivity contribution in [1.29, 1.82) is 5.26 Å². The normalized spacial score (nSPS) is 13.4. The Bertz CT molecular complexity index is 7230. The van der Waals surface area contributed by atoms with Crippen LogP contribution in [-0.4, -0.2) is 168 Å². The highest BCUT2D eigenvalue weighted by molar-refractivity contribution is 9.10. The predicted molar refractivity (Wildman–Crippen MR) is 537 cm³/mol. The number of esters is 3. The fourth-order valence-electron chi connectivity index (χ4n) is 15.2. The third-order valence-electron chi connectivity index (χ3n) is 23.0. The Morgan fingerprint density at radius 3 is 1.18 bits per heavy atom. The molecule has 4 amide bonds. The van der Waals surface area contributed by atoms with Gasteiger partial charge in [0.15, 0.2) is 52.2 Å². The third-order valence-corrected chi connectivity index (χ3v) is 25.1. The van der Waals surface area contributed by atoms with Crippen molar-refractivity contribution in [2.75, 3.05) is 54.1 Å². The lowest BCUT2D eigenvalue weighted by Crippen LogP contribution is -2.24. The van der Waals surface area contributed by atoms with E-state index in [-0.39, 0.29) is 104 Å². The molecule has 7 aromatic carbocycles. The number of ether oxygens (including phenoxy) is 3. The Kier molecular flexibility index (Phi) is 33.2. The summed E-state index contributed by atoms with van der Waals surface area (Å²) in [6, 6.07) is 42.5. The molecule has 144 heavy (non-hydrogen) atoms. The summed E-state index contributed by atoms with van der Waals surface area (Å²) in [7, 11) is 3.78. The van der Waals surface area contributed by atoms with E-state index in [1.165, 1.54) is 135 Å². The number of aromatic nitrogens is 12. The summed E-state index contributed by atoms with van der Waals surface area (Å²) in [4.78, 5) is 177. The molecule has 6 aromatic heterocycles. The number of fused-ring (bicyclic) bond motifs is 4. The van der Waals surface area contributed by atoms with Crippen molar-refractivity contribution in [2.45, 2.75) is 124 Å². The Labute approximate surface area is 852 Å². The Hall–Kier alpha value is -16.3. The number of ketones is 6. The number of nitrogens with zero attached hydrogens (tertiary/aromatic N) is 15. The van der Waals surface area contributed by atoms with Crippen LogP contribution in [0.1, 0.15) is 271 Å². The van der Waals surface area contributed by atoms with E-state index in [9.17, 15) is 72.2 Å². The van der Waals surface area contributed by atoms with Gasteiger partial charge in [-0.3, -0.25) is 57.7 Å². The van der Waals surface area contributed by atoms with Crippen LogP contribution in [0.25, 0.3) is 34.6 Å². The minimum atomic E-state index is -1.13. The summed E-state index contributed by atoms with van der Waals surface area (Å²) in [5.41, 5.74) is 34.0. The number of hydrogen-bond acceptors (Lipinski definition) is 31. The van der Waals surface area contributed by atoms with Crippen LogP contribution in [0.3, 0.4) is 0 Å². The number of nitrogens with two attached hydrogens (primary N) is 4. The first-order valence-electron chi connectivity index (χ1n) is 43.8. The molecule has 0 radical (unpaired) electrons. The molecular formula is C100H88Br2Cl3N21O18. The minimum absolute atomic E-state index is 0.0192. The van der Waals surface area contributed by atoms with Crippen molar-refractivity contribution in [2.24, 2.45) is 0 Å². The van der Waals surface area contributed by atoms with Crippen molar-refractivity contribution in [3.8, 4) is 40.6 Å². The second-order valence-electron chi connectivity index (χ2n) is 33.1. The second-order valence-corrected chi connectivity index (χ2v) is 36.0. The molecule has 20 rings (SSSR count). The quantitative estimate of drug-likeness (QED) is 0.0138. The second kappa shape index (κ2) is 45.5. The highest BCUT2D eigenvalue weighted by Crippen LogP contribution is 2.42. The van der Waals surface area contributed by atoms with Gasteiger partial charge in [0.25, 0.3) is 23.6 Å². The lowest BCUT2D eigenvalue weighted by molar-refractivity contribution is 0.0591. The van der Waals surface area contributed by atoms with Crippen LogP contribution < -0.4 is 43.4 Å². The summed E-state index contributed by atoms with van der Waals surface area (Å²) in [5.74, 6) is -1.03. The summed E-state index contributed by atoms with van der Waals surface area (Å²) in [6.45, 7) is 10.1. The molecule has 0 unspecified atom stereocenters. The van der Waals surface area contributed by atoms with E-state index in [4.69, 9.17) is 63.0 Å². The van der Waals surface area contributed by atoms with E-state index >= 15 is 0 Å². The van der Waals surface area contributed by atoms with Crippen molar-refractivity contribution < 1.29 is 86.4 Å². The van der Waals surface area contributed by atoms with E-state index in [0.29, 0.717) is 165 Å². The molecule has 3 fully saturated rings. The van der Waals surface area contributed by atoms with Gasteiger partial charge in [0.2, 0.25) is 0 Å². The number of pyridine rings is 3. The number of carbonyl (C=O) groups excluding carboxylic acids is 13. The molecule has 0 spiro atoms. The molecule has 3 saturated carbocycles. The van der Waals surface area contributed by atoms with Crippen LogP contribution in [0.5, 0.6) is 0 Å². The van der Waals surface area contributed by atoms with Gasteiger partial charge in [-0.15, -0.1) is 30.6 Å². The summed E-state index contributed by atoms with van der Waals surface area (Å²) in [6.07, 6.45) is 12.1. The molecule has 736 valence electrons. The molecule has 11 N–H and O–H groups in total. The number of amides is 4. The topological polar surface area (TPSA) is 576 Å². The molecule has 10 heterocycles. The average molecular weight is 2140 g/mol. The van der Waals surface area contributed by atoms with Gasteiger partial charge in [-0.2, -0.15) is 5.26 Å². The zero-order valence-corrected chi connectivity index (χ0v) is 83.6. The van der Waals surface area contributed by atoms with Gasteiger partial charge in [0.05, 0.1) is 77.3 Å². The number of methoxy groups -OCH3 is 3. The number of nitrogen functional groups attached to an aromatic ring is 4. The Morgan fingerprint density at radius 2 is 0.771 bits per heavy atom. The highest BCUT2D eigenvalue weighted by Gasteiger charge is 2.37. The smallest absolute Gasteiger partial charge is 0.339 e. The molecule has 0 atom stereocenters. The lowest BCUT2D eigenvalue weighted by atomic mass is 10.0. The third kappa shape index (κ3) is 24.3. The Balaban J connectivity index is 0.000000141. The zero-order chi connectivity index (χ0) is 104. The fourth-order valence-corrected chi connectivity index (χ4v) is 16.9.